The van der Waals surface area contributed by atoms with Gasteiger partial charge in [-0.15, -0.1) is 11.3 Å². The summed E-state index contributed by atoms with van der Waals surface area (Å²) in [6.07, 6.45) is 5.43. The zero-order chi connectivity index (χ0) is 11.8. The highest BCUT2D eigenvalue weighted by Crippen LogP contribution is 2.14. The number of fused-ring (bicyclic) bond motifs is 1. The number of aromatic nitrogens is 4. The largest absolute Gasteiger partial charge is 0.383 e. The van der Waals surface area contributed by atoms with Crippen LogP contribution in [0.15, 0.2) is 24.0 Å². The van der Waals surface area contributed by atoms with Gasteiger partial charge in [0, 0.05) is 17.8 Å². The van der Waals surface area contributed by atoms with Crippen LogP contribution in [-0.4, -0.2) is 25.4 Å². The van der Waals surface area contributed by atoms with Crippen molar-refractivity contribution in [1.29, 1.82) is 0 Å². The molecule has 3 aromatic heterocycles. The lowest BCUT2D eigenvalue weighted by molar-refractivity contribution is 0.0993. The molecule has 0 fully saturated rings. The van der Waals surface area contributed by atoms with Crippen molar-refractivity contribution >= 4 is 27.9 Å². The fourth-order valence-corrected chi connectivity index (χ4v) is 2.36. The summed E-state index contributed by atoms with van der Waals surface area (Å²) < 4.78 is 1.89. The molecule has 0 atom stereocenters. The van der Waals surface area contributed by atoms with Gasteiger partial charge in [0.25, 0.3) is 0 Å². The fraction of sp³-hybridized carbons (Fsp3) is 0.100. The Morgan fingerprint density at radius 3 is 3.18 bits per heavy atom. The minimum atomic E-state index is -0.0815. The van der Waals surface area contributed by atoms with Crippen LogP contribution < -0.4 is 5.73 Å². The van der Waals surface area contributed by atoms with E-state index < -0.39 is 0 Å². The number of rotatable bonds is 3. The molecule has 0 spiro atoms. The molecule has 0 aliphatic rings. The molecule has 7 heteroatoms. The Kier molecular flexibility index (Phi) is 2.19. The zero-order valence-corrected chi connectivity index (χ0v) is 9.57. The average molecular weight is 247 g/mol. The number of nitrogen functional groups attached to an aromatic ring is 1. The van der Waals surface area contributed by atoms with Gasteiger partial charge in [-0.05, 0) is 0 Å². The molecule has 0 aromatic carbocycles. The molecule has 17 heavy (non-hydrogen) atoms. The molecule has 0 saturated carbocycles. The fourth-order valence-electron chi connectivity index (χ4n) is 1.64. The predicted octanol–water partition coefficient (Wildman–Crippen LogP) is 1.13. The van der Waals surface area contributed by atoms with E-state index in [-0.39, 0.29) is 12.2 Å². The molecule has 0 bridgehead atoms. The normalized spacial score (nSPS) is 11.1. The third-order valence-corrected chi connectivity index (χ3v) is 3.22. The number of ketones is 1. The Balaban J connectivity index is 1.86. The van der Waals surface area contributed by atoms with Crippen LogP contribution in [0.2, 0.25) is 0 Å². The van der Waals surface area contributed by atoms with Gasteiger partial charge in [-0.1, -0.05) is 0 Å². The number of hydrogen-bond donors (Lipinski definition) is 2. The Morgan fingerprint density at radius 2 is 2.47 bits per heavy atom. The number of aromatic amines is 1. The van der Waals surface area contributed by atoms with Crippen molar-refractivity contribution in [3.05, 3.63) is 35.2 Å². The molecule has 0 radical (unpaired) electrons. The number of Topliss-reactive ketones (excluding diaryl/α,β-unsaturated/α-hetero) is 1. The zero-order valence-electron chi connectivity index (χ0n) is 8.75. The summed E-state index contributed by atoms with van der Waals surface area (Å²) in [5.41, 5.74) is 6.74. The van der Waals surface area contributed by atoms with Crippen LogP contribution in [0.1, 0.15) is 16.1 Å². The summed E-state index contributed by atoms with van der Waals surface area (Å²) in [5, 5.41) is 8.21. The number of thiazole rings is 1. The van der Waals surface area contributed by atoms with E-state index in [4.69, 9.17) is 5.73 Å². The lowest BCUT2D eigenvalue weighted by Crippen LogP contribution is -2.05. The number of nitrogens with one attached hydrogen (secondary N) is 1. The second-order valence-electron chi connectivity index (χ2n) is 3.62. The average Bonchev–Trinajstić information content (AvgIpc) is 2.92. The number of carbonyl (C=O) groups is 1. The van der Waals surface area contributed by atoms with Crippen molar-refractivity contribution in [2.75, 3.05) is 5.73 Å². The van der Waals surface area contributed by atoms with E-state index in [0.29, 0.717) is 11.4 Å². The maximum atomic E-state index is 11.9. The molecule has 6 nitrogen and oxygen atoms in total. The minimum Gasteiger partial charge on any atom is -0.383 e. The van der Waals surface area contributed by atoms with E-state index in [1.165, 1.54) is 17.5 Å². The van der Waals surface area contributed by atoms with E-state index >= 15 is 0 Å². The predicted molar refractivity (Wildman–Crippen MR) is 64.1 cm³/mol. The van der Waals surface area contributed by atoms with Crippen molar-refractivity contribution in [2.45, 2.75) is 6.42 Å². The maximum Gasteiger partial charge on any atom is 0.193 e. The number of nitrogens with zero attached hydrogens (tertiary/aromatic N) is 3. The first-order valence-electron chi connectivity index (χ1n) is 4.97. The van der Waals surface area contributed by atoms with Crippen LogP contribution >= 0.6 is 11.3 Å². The van der Waals surface area contributed by atoms with Crippen molar-refractivity contribution in [1.82, 2.24) is 19.6 Å². The van der Waals surface area contributed by atoms with Crippen molar-refractivity contribution in [3.8, 4) is 0 Å². The first-order chi connectivity index (χ1) is 8.24. The Bertz CT molecular complexity index is 651. The summed E-state index contributed by atoms with van der Waals surface area (Å²) in [6.45, 7) is 0. The third kappa shape index (κ3) is 1.70. The topological polar surface area (TPSA) is 89.1 Å². The van der Waals surface area contributed by atoms with Gasteiger partial charge in [0.15, 0.2) is 10.7 Å². The number of H-pyrrole nitrogens is 1. The molecule has 86 valence electrons. The number of anilines is 1. The number of hydrogen-bond acceptors (Lipinski definition) is 5. The molecular weight excluding hydrogens is 238 g/mol. The van der Waals surface area contributed by atoms with E-state index in [1.807, 2.05) is 22.2 Å². The summed E-state index contributed by atoms with van der Waals surface area (Å²) >= 11 is 1.53. The first kappa shape index (κ1) is 10.0. The molecule has 3 rings (SSSR count). The smallest absolute Gasteiger partial charge is 0.193 e. The SMILES string of the molecule is Nc1[nH]ncc1C(=O)Cc1cn2ccsc2n1. The van der Waals surface area contributed by atoms with Gasteiger partial charge in [0.2, 0.25) is 0 Å². The van der Waals surface area contributed by atoms with Crippen molar-refractivity contribution < 1.29 is 4.79 Å². The summed E-state index contributed by atoms with van der Waals surface area (Å²) in [4.78, 5) is 17.1. The van der Waals surface area contributed by atoms with Gasteiger partial charge >= 0.3 is 0 Å². The Hall–Kier alpha value is -2.15. The maximum absolute atomic E-state index is 11.9. The number of nitrogens with two attached hydrogens (primary N) is 1. The second-order valence-corrected chi connectivity index (χ2v) is 4.50. The monoisotopic (exact) mass is 247 g/mol. The third-order valence-electron chi connectivity index (χ3n) is 2.45. The molecule has 3 heterocycles. The van der Waals surface area contributed by atoms with Crippen LogP contribution in [0.4, 0.5) is 5.82 Å². The van der Waals surface area contributed by atoms with Gasteiger partial charge in [-0.3, -0.25) is 14.3 Å². The van der Waals surface area contributed by atoms with Gasteiger partial charge in [0.1, 0.15) is 5.82 Å². The molecule has 3 aromatic rings. The highest BCUT2D eigenvalue weighted by Gasteiger charge is 2.14. The van der Waals surface area contributed by atoms with Crippen molar-refractivity contribution in [3.63, 3.8) is 0 Å². The van der Waals surface area contributed by atoms with Crippen LogP contribution in [0.5, 0.6) is 0 Å². The molecule has 3 N–H and O–H groups in total. The molecule has 0 unspecified atom stereocenters. The van der Waals surface area contributed by atoms with Crippen LogP contribution in [-0.2, 0) is 6.42 Å². The molecule has 0 aliphatic carbocycles. The van der Waals surface area contributed by atoms with Crippen molar-refractivity contribution in [2.24, 2.45) is 0 Å². The van der Waals surface area contributed by atoms with Gasteiger partial charge in [-0.25, -0.2) is 4.98 Å². The summed E-state index contributed by atoms with van der Waals surface area (Å²) in [5.74, 6) is 0.220. The molecule has 0 saturated heterocycles. The van der Waals surface area contributed by atoms with E-state index in [2.05, 4.69) is 15.2 Å². The lowest BCUT2D eigenvalue weighted by Gasteiger charge is -1.95. The van der Waals surface area contributed by atoms with Gasteiger partial charge in [-0.2, -0.15) is 5.10 Å². The van der Waals surface area contributed by atoms with Gasteiger partial charge < -0.3 is 5.73 Å². The Labute approximate surface area is 100 Å². The summed E-state index contributed by atoms with van der Waals surface area (Å²) in [6, 6.07) is 0. The minimum absolute atomic E-state index is 0.0815. The molecule has 0 aliphatic heterocycles. The van der Waals surface area contributed by atoms with E-state index in [0.717, 1.165) is 10.7 Å². The lowest BCUT2D eigenvalue weighted by atomic mass is 10.1. The molecular formula is C10H9N5OS. The quantitative estimate of drug-likeness (QED) is 0.679. The second kappa shape index (κ2) is 3.70. The van der Waals surface area contributed by atoms with E-state index in [9.17, 15) is 4.79 Å². The highest BCUT2D eigenvalue weighted by molar-refractivity contribution is 7.15. The van der Waals surface area contributed by atoms with Crippen LogP contribution in [0.3, 0.4) is 0 Å². The van der Waals surface area contributed by atoms with Gasteiger partial charge in [0.05, 0.1) is 23.9 Å². The Morgan fingerprint density at radius 1 is 1.59 bits per heavy atom. The highest BCUT2D eigenvalue weighted by atomic mass is 32.1. The number of imidazole rings is 1. The summed E-state index contributed by atoms with van der Waals surface area (Å²) in [7, 11) is 0. The number of carbonyl (C=O) groups excluding carboxylic acids is 1. The van der Waals surface area contributed by atoms with Crippen LogP contribution in [0, 0.1) is 0 Å². The molecule has 0 amide bonds. The van der Waals surface area contributed by atoms with E-state index in [1.54, 1.807) is 0 Å². The first-order valence-corrected chi connectivity index (χ1v) is 5.85. The van der Waals surface area contributed by atoms with Crippen LogP contribution in [0.25, 0.3) is 4.96 Å². The standard InChI is InChI=1S/C10H9N5OS/c11-9-7(4-12-14-9)8(16)3-6-5-15-1-2-17-10(15)13-6/h1-2,4-5H,3H2,(H3,11,12,14).